The van der Waals surface area contributed by atoms with Gasteiger partial charge in [-0.1, -0.05) is 15.9 Å². The minimum Gasteiger partial charge on any atom is -0.325 e. The molecule has 0 aromatic heterocycles. The highest BCUT2D eigenvalue weighted by Crippen LogP contribution is 2.49. The van der Waals surface area contributed by atoms with Crippen LogP contribution in [-0.2, 0) is 4.79 Å². The topological polar surface area (TPSA) is 29.1 Å². The van der Waals surface area contributed by atoms with Crippen molar-refractivity contribution in [2.75, 3.05) is 11.1 Å². The maximum absolute atomic E-state index is 11.9. The summed E-state index contributed by atoms with van der Waals surface area (Å²) in [6.45, 7) is 0. The monoisotopic (exact) mass is 377 g/mol. The predicted molar refractivity (Wildman–Crippen MR) is 80.6 cm³/mol. The van der Waals surface area contributed by atoms with Gasteiger partial charge < -0.3 is 5.32 Å². The lowest BCUT2D eigenvalue weighted by Gasteiger charge is -2.12. The summed E-state index contributed by atoms with van der Waals surface area (Å²) in [5.74, 6) is 0.863. The third-order valence-electron chi connectivity index (χ3n) is 3.03. The first-order chi connectivity index (χ1) is 8.04. The summed E-state index contributed by atoms with van der Waals surface area (Å²) < 4.78 is 1.87. The summed E-state index contributed by atoms with van der Waals surface area (Å²) in [6, 6.07) is 5.71. The molecule has 1 aliphatic rings. The van der Waals surface area contributed by atoms with E-state index in [2.05, 4.69) is 49.8 Å². The lowest BCUT2D eigenvalue weighted by atomic mass is 10.1. The van der Waals surface area contributed by atoms with Crippen molar-refractivity contribution in [2.24, 2.45) is 5.41 Å². The number of amides is 1. The van der Waals surface area contributed by atoms with Crippen LogP contribution in [0.25, 0.3) is 0 Å². The Morgan fingerprint density at radius 1 is 1.41 bits per heavy atom. The van der Waals surface area contributed by atoms with E-state index in [4.69, 9.17) is 0 Å². The summed E-state index contributed by atoms with van der Waals surface area (Å²) >= 11 is 11.1. The van der Waals surface area contributed by atoms with Gasteiger partial charge in [-0.05, 0) is 58.1 Å². The number of carbonyl (C=O) groups is 1. The standard InChI is InChI=1S/C12H13Br2NOS/c13-8-1-2-10(9(14)5-8)15-11(16)6-12(7-17)3-4-12/h1-2,5,17H,3-4,6-7H2,(H,15,16). The van der Waals surface area contributed by atoms with Crippen molar-refractivity contribution in [3.63, 3.8) is 0 Å². The molecule has 0 saturated heterocycles. The zero-order valence-corrected chi connectivity index (χ0v) is 13.2. The van der Waals surface area contributed by atoms with Crippen LogP contribution in [0.2, 0.25) is 0 Å². The number of thiol groups is 1. The second-order valence-corrected chi connectivity index (χ2v) is 6.59. The summed E-state index contributed by atoms with van der Waals surface area (Å²) in [5.41, 5.74) is 0.975. The van der Waals surface area contributed by atoms with Crippen LogP contribution in [0, 0.1) is 5.41 Å². The van der Waals surface area contributed by atoms with Gasteiger partial charge in [-0.3, -0.25) is 4.79 Å². The molecule has 0 spiro atoms. The van der Waals surface area contributed by atoms with Crippen molar-refractivity contribution in [2.45, 2.75) is 19.3 Å². The van der Waals surface area contributed by atoms with Crippen LogP contribution in [0.1, 0.15) is 19.3 Å². The number of hydrogen-bond acceptors (Lipinski definition) is 2. The molecule has 1 amide bonds. The summed E-state index contributed by atoms with van der Waals surface area (Å²) in [7, 11) is 0. The minimum absolute atomic E-state index is 0.0690. The maximum Gasteiger partial charge on any atom is 0.224 e. The van der Waals surface area contributed by atoms with Crippen molar-refractivity contribution in [1.29, 1.82) is 0 Å². The molecule has 1 aliphatic carbocycles. The van der Waals surface area contributed by atoms with E-state index >= 15 is 0 Å². The Morgan fingerprint density at radius 3 is 2.65 bits per heavy atom. The molecule has 0 atom stereocenters. The lowest BCUT2D eigenvalue weighted by Crippen LogP contribution is -2.18. The number of benzene rings is 1. The summed E-state index contributed by atoms with van der Waals surface area (Å²) in [5, 5.41) is 2.93. The van der Waals surface area contributed by atoms with E-state index in [0.717, 1.165) is 33.2 Å². The van der Waals surface area contributed by atoms with Crippen molar-refractivity contribution in [1.82, 2.24) is 0 Å². The van der Waals surface area contributed by atoms with E-state index in [9.17, 15) is 4.79 Å². The van der Waals surface area contributed by atoms with Crippen LogP contribution >= 0.6 is 44.5 Å². The highest BCUT2D eigenvalue weighted by Gasteiger charge is 2.42. The molecule has 0 unspecified atom stereocenters. The number of rotatable bonds is 4. The van der Waals surface area contributed by atoms with Gasteiger partial charge in [0, 0.05) is 15.4 Å². The molecule has 2 nitrogen and oxygen atoms in total. The molecule has 0 aliphatic heterocycles. The molecule has 1 fully saturated rings. The van der Waals surface area contributed by atoms with E-state index < -0.39 is 0 Å². The first-order valence-electron chi connectivity index (χ1n) is 5.40. The Hall–Kier alpha value is -0.000000000000000111. The highest BCUT2D eigenvalue weighted by molar-refractivity contribution is 9.11. The fourth-order valence-corrected chi connectivity index (χ4v) is 3.27. The highest BCUT2D eigenvalue weighted by atomic mass is 79.9. The Balaban J connectivity index is 1.98. The van der Waals surface area contributed by atoms with Gasteiger partial charge in [-0.25, -0.2) is 0 Å². The molecule has 0 heterocycles. The van der Waals surface area contributed by atoms with Gasteiger partial charge in [0.25, 0.3) is 0 Å². The summed E-state index contributed by atoms with van der Waals surface area (Å²) in [6.07, 6.45) is 2.80. The molecule has 0 bridgehead atoms. The minimum atomic E-state index is 0.0690. The first-order valence-corrected chi connectivity index (χ1v) is 7.62. The van der Waals surface area contributed by atoms with Crippen LogP contribution in [0.3, 0.4) is 0 Å². The molecule has 17 heavy (non-hydrogen) atoms. The quantitative estimate of drug-likeness (QED) is 0.753. The SMILES string of the molecule is O=C(CC1(CS)CC1)Nc1ccc(Br)cc1Br. The smallest absolute Gasteiger partial charge is 0.224 e. The molecule has 1 saturated carbocycles. The van der Waals surface area contributed by atoms with E-state index in [1.165, 1.54) is 0 Å². The Morgan fingerprint density at radius 2 is 2.12 bits per heavy atom. The largest absolute Gasteiger partial charge is 0.325 e. The van der Waals surface area contributed by atoms with Gasteiger partial charge in [-0.2, -0.15) is 12.6 Å². The number of anilines is 1. The van der Waals surface area contributed by atoms with Crippen LogP contribution in [0.15, 0.2) is 27.1 Å². The van der Waals surface area contributed by atoms with Crippen LogP contribution in [0.5, 0.6) is 0 Å². The molecule has 1 aromatic rings. The van der Waals surface area contributed by atoms with Gasteiger partial charge in [0.15, 0.2) is 0 Å². The second kappa shape index (κ2) is 5.33. The number of halogens is 2. The Bertz CT molecular complexity index is 446. The second-order valence-electron chi connectivity index (χ2n) is 4.51. The van der Waals surface area contributed by atoms with E-state index in [1.54, 1.807) is 0 Å². The van der Waals surface area contributed by atoms with E-state index in [1.807, 2.05) is 18.2 Å². The number of hydrogen-bond donors (Lipinski definition) is 2. The van der Waals surface area contributed by atoms with Gasteiger partial charge in [0.05, 0.1) is 5.69 Å². The van der Waals surface area contributed by atoms with Crippen molar-refractivity contribution < 1.29 is 4.79 Å². The first kappa shape index (κ1) is 13.4. The maximum atomic E-state index is 11.9. The van der Waals surface area contributed by atoms with Crippen molar-refractivity contribution in [3.8, 4) is 0 Å². The third-order valence-corrected chi connectivity index (χ3v) is 4.85. The third kappa shape index (κ3) is 3.48. The Kier molecular flexibility index (Phi) is 4.21. The zero-order valence-electron chi connectivity index (χ0n) is 9.17. The van der Waals surface area contributed by atoms with Crippen LogP contribution < -0.4 is 5.32 Å². The summed E-state index contributed by atoms with van der Waals surface area (Å²) in [4.78, 5) is 11.9. The zero-order chi connectivity index (χ0) is 12.5. The average molecular weight is 379 g/mol. The lowest BCUT2D eigenvalue weighted by molar-refractivity contribution is -0.117. The number of nitrogens with one attached hydrogen (secondary N) is 1. The Labute approximate surface area is 123 Å². The molecule has 2 rings (SSSR count). The predicted octanol–water partition coefficient (Wildman–Crippen LogP) is 4.25. The van der Waals surface area contributed by atoms with Crippen molar-refractivity contribution >= 4 is 56.1 Å². The van der Waals surface area contributed by atoms with Crippen molar-refractivity contribution in [3.05, 3.63) is 27.1 Å². The molecular formula is C12H13Br2NOS. The number of carbonyl (C=O) groups excluding carboxylic acids is 1. The van der Waals surface area contributed by atoms with E-state index in [-0.39, 0.29) is 11.3 Å². The van der Waals surface area contributed by atoms with Gasteiger partial charge in [0.2, 0.25) is 5.91 Å². The van der Waals surface area contributed by atoms with Crippen LogP contribution in [0.4, 0.5) is 5.69 Å². The molecule has 5 heteroatoms. The fraction of sp³-hybridized carbons (Fsp3) is 0.417. The van der Waals surface area contributed by atoms with E-state index in [0.29, 0.717) is 6.42 Å². The van der Waals surface area contributed by atoms with Gasteiger partial charge in [-0.15, -0.1) is 0 Å². The van der Waals surface area contributed by atoms with Gasteiger partial charge >= 0.3 is 0 Å². The molecule has 1 N–H and O–H groups in total. The molecular weight excluding hydrogens is 366 g/mol. The normalized spacial score (nSPS) is 16.6. The molecule has 1 aromatic carbocycles. The molecule has 0 radical (unpaired) electrons. The molecule has 92 valence electrons. The van der Waals surface area contributed by atoms with Gasteiger partial charge in [0.1, 0.15) is 0 Å². The van der Waals surface area contributed by atoms with Crippen LogP contribution in [-0.4, -0.2) is 11.7 Å². The average Bonchev–Trinajstić information content (AvgIpc) is 3.03. The fourth-order valence-electron chi connectivity index (χ4n) is 1.69.